The van der Waals surface area contributed by atoms with Crippen molar-refractivity contribution in [3.05, 3.63) is 29.6 Å². The summed E-state index contributed by atoms with van der Waals surface area (Å²) < 4.78 is 0. The summed E-state index contributed by atoms with van der Waals surface area (Å²) in [6.45, 7) is -0.219. The maximum atomic E-state index is 11.1. The first-order chi connectivity index (χ1) is 5.79. The van der Waals surface area contributed by atoms with Crippen molar-refractivity contribution in [3.63, 3.8) is 0 Å². The van der Waals surface area contributed by atoms with E-state index >= 15 is 0 Å². The van der Waals surface area contributed by atoms with E-state index in [0.717, 1.165) is 0 Å². The minimum atomic E-state index is -0.229. The molecule has 0 atom stereocenters. The molecule has 1 aromatic heterocycles. The molecule has 0 saturated heterocycles. The summed E-state index contributed by atoms with van der Waals surface area (Å²) >= 11 is 0. The van der Waals surface area contributed by atoms with Gasteiger partial charge < -0.3 is 10.4 Å². The van der Waals surface area contributed by atoms with Crippen LogP contribution in [0.15, 0.2) is 18.3 Å². The molecule has 0 bridgehead atoms. The average Bonchev–Trinajstić information content (AvgIpc) is 2.16. The summed E-state index contributed by atoms with van der Waals surface area (Å²) in [7, 11) is 1.54. The summed E-state index contributed by atoms with van der Waals surface area (Å²) in [5.74, 6) is -0.229. The van der Waals surface area contributed by atoms with Crippen molar-refractivity contribution < 1.29 is 9.90 Å². The Morgan fingerprint density at radius 2 is 2.50 bits per heavy atom. The Morgan fingerprint density at radius 1 is 1.75 bits per heavy atom. The molecule has 12 heavy (non-hydrogen) atoms. The van der Waals surface area contributed by atoms with Crippen LogP contribution in [0.1, 0.15) is 16.1 Å². The zero-order valence-corrected chi connectivity index (χ0v) is 6.74. The molecule has 0 aliphatic carbocycles. The lowest BCUT2D eigenvalue weighted by Gasteiger charge is -2.02. The first-order valence-corrected chi connectivity index (χ1v) is 3.56. The molecule has 0 aliphatic heterocycles. The van der Waals surface area contributed by atoms with E-state index in [1.807, 2.05) is 0 Å². The Balaban J connectivity index is 3.04. The second-order valence-corrected chi connectivity index (χ2v) is 2.23. The number of nitrogens with one attached hydrogen (secondary N) is 1. The highest BCUT2D eigenvalue weighted by Crippen LogP contribution is 2.04. The summed E-state index contributed by atoms with van der Waals surface area (Å²) in [4.78, 5) is 15.0. The molecule has 1 heterocycles. The molecule has 0 aromatic carbocycles. The number of nitrogens with zero attached hydrogens (tertiary/aromatic N) is 1. The van der Waals surface area contributed by atoms with Crippen LogP contribution in [0.4, 0.5) is 0 Å². The van der Waals surface area contributed by atoms with Crippen molar-refractivity contribution in [2.75, 3.05) is 7.05 Å². The monoisotopic (exact) mass is 166 g/mol. The number of aliphatic hydroxyl groups excluding tert-OH is 1. The zero-order chi connectivity index (χ0) is 8.97. The number of amides is 1. The van der Waals surface area contributed by atoms with Crippen molar-refractivity contribution in [2.45, 2.75) is 6.61 Å². The van der Waals surface area contributed by atoms with Gasteiger partial charge in [0.25, 0.3) is 5.91 Å². The smallest absolute Gasteiger partial charge is 0.252 e. The molecule has 0 unspecified atom stereocenters. The fraction of sp³-hybridized carbons (Fsp3) is 0.250. The van der Waals surface area contributed by atoms with Crippen LogP contribution in [0.3, 0.4) is 0 Å². The van der Waals surface area contributed by atoms with Crippen LogP contribution in [-0.2, 0) is 6.61 Å². The van der Waals surface area contributed by atoms with E-state index in [-0.39, 0.29) is 12.5 Å². The molecule has 1 amide bonds. The molecule has 64 valence electrons. The Morgan fingerprint density at radius 3 is 3.08 bits per heavy atom. The lowest BCUT2D eigenvalue weighted by atomic mass is 10.2. The maximum absolute atomic E-state index is 11.1. The van der Waals surface area contributed by atoms with Crippen molar-refractivity contribution in [1.82, 2.24) is 10.3 Å². The molecular formula is C8H10N2O2. The standard InChI is InChI=1S/C8H10N2O2/c1-9-8(12)6-3-2-4-10-7(6)5-11/h2-4,11H,5H2,1H3,(H,9,12). The molecule has 0 radical (unpaired) electrons. The molecule has 0 fully saturated rings. The summed E-state index contributed by atoms with van der Waals surface area (Å²) in [6.07, 6.45) is 1.54. The van der Waals surface area contributed by atoms with E-state index in [2.05, 4.69) is 10.3 Å². The number of aliphatic hydroxyl groups is 1. The van der Waals surface area contributed by atoms with E-state index < -0.39 is 0 Å². The SMILES string of the molecule is CNC(=O)c1cccnc1CO. The minimum Gasteiger partial charge on any atom is -0.390 e. The topological polar surface area (TPSA) is 62.2 Å². The van der Waals surface area contributed by atoms with E-state index in [0.29, 0.717) is 11.3 Å². The van der Waals surface area contributed by atoms with E-state index in [1.165, 1.54) is 13.2 Å². The van der Waals surface area contributed by atoms with Crippen LogP contribution in [0.5, 0.6) is 0 Å². The largest absolute Gasteiger partial charge is 0.390 e. The third-order valence-electron chi connectivity index (χ3n) is 1.51. The number of rotatable bonds is 2. The van der Waals surface area contributed by atoms with Gasteiger partial charge in [0.15, 0.2) is 0 Å². The third kappa shape index (κ3) is 1.60. The molecule has 0 aliphatic rings. The highest BCUT2D eigenvalue weighted by Gasteiger charge is 2.08. The van der Waals surface area contributed by atoms with Gasteiger partial charge in [-0.15, -0.1) is 0 Å². The molecule has 4 heteroatoms. The summed E-state index contributed by atoms with van der Waals surface area (Å²) in [5, 5.41) is 11.3. The highest BCUT2D eigenvalue weighted by atomic mass is 16.3. The quantitative estimate of drug-likeness (QED) is 0.646. The Kier molecular flexibility index (Phi) is 2.76. The second kappa shape index (κ2) is 3.82. The van der Waals surface area contributed by atoms with Crippen molar-refractivity contribution in [1.29, 1.82) is 0 Å². The maximum Gasteiger partial charge on any atom is 0.252 e. The van der Waals surface area contributed by atoms with Crippen molar-refractivity contribution in [3.8, 4) is 0 Å². The first kappa shape index (κ1) is 8.67. The fourth-order valence-corrected chi connectivity index (χ4v) is 0.905. The first-order valence-electron chi connectivity index (χ1n) is 3.56. The number of hydrogen-bond acceptors (Lipinski definition) is 3. The number of aromatic nitrogens is 1. The Hall–Kier alpha value is -1.42. The predicted octanol–water partition coefficient (Wildman–Crippen LogP) is -0.0665. The van der Waals surface area contributed by atoms with Crippen LogP contribution in [0.2, 0.25) is 0 Å². The van der Waals surface area contributed by atoms with Gasteiger partial charge in [0.05, 0.1) is 17.9 Å². The van der Waals surface area contributed by atoms with E-state index in [1.54, 1.807) is 12.1 Å². The minimum absolute atomic E-state index is 0.219. The van der Waals surface area contributed by atoms with Gasteiger partial charge in [-0.2, -0.15) is 0 Å². The number of hydrogen-bond donors (Lipinski definition) is 2. The van der Waals surface area contributed by atoms with Crippen molar-refractivity contribution in [2.24, 2.45) is 0 Å². The molecule has 0 spiro atoms. The van der Waals surface area contributed by atoms with Gasteiger partial charge in [0.2, 0.25) is 0 Å². The van der Waals surface area contributed by atoms with Crippen LogP contribution in [0.25, 0.3) is 0 Å². The molecule has 4 nitrogen and oxygen atoms in total. The Labute approximate surface area is 70.3 Å². The van der Waals surface area contributed by atoms with Gasteiger partial charge in [0, 0.05) is 13.2 Å². The van der Waals surface area contributed by atoms with Crippen LogP contribution >= 0.6 is 0 Å². The number of carbonyl (C=O) groups excluding carboxylic acids is 1. The van der Waals surface area contributed by atoms with E-state index in [9.17, 15) is 4.79 Å². The number of pyridine rings is 1. The highest BCUT2D eigenvalue weighted by molar-refractivity contribution is 5.94. The van der Waals surface area contributed by atoms with Gasteiger partial charge in [0.1, 0.15) is 0 Å². The van der Waals surface area contributed by atoms with E-state index in [4.69, 9.17) is 5.11 Å². The molecule has 0 saturated carbocycles. The fourth-order valence-electron chi connectivity index (χ4n) is 0.905. The van der Waals surface area contributed by atoms with Crippen LogP contribution in [0, 0.1) is 0 Å². The van der Waals surface area contributed by atoms with Gasteiger partial charge >= 0.3 is 0 Å². The summed E-state index contributed by atoms with van der Waals surface area (Å²) in [6, 6.07) is 3.28. The van der Waals surface area contributed by atoms with Gasteiger partial charge in [-0.25, -0.2) is 0 Å². The lowest BCUT2D eigenvalue weighted by molar-refractivity contribution is 0.0959. The molecule has 1 rings (SSSR count). The number of carbonyl (C=O) groups is 1. The van der Waals surface area contributed by atoms with Gasteiger partial charge in [-0.3, -0.25) is 9.78 Å². The zero-order valence-electron chi connectivity index (χ0n) is 6.74. The molecule has 1 aromatic rings. The van der Waals surface area contributed by atoms with Crippen LogP contribution in [-0.4, -0.2) is 23.0 Å². The predicted molar refractivity (Wildman–Crippen MR) is 43.6 cm³/mol. The Bertz CT molecular complexity index is 286. The summed E-state index contributed by atoms with van der Waals surface area (Å²) in [5.41, 5.74) is 0.819. The van der Waals surface area contributed by atoms with Crippen LogP contribution < -0.4 is 5.32 Å². The normalized spacial score (nSPS) is 9.50. The molecular weight excluding hydrogens is 156 g/mol. The van der Waals surface area contributed by atoms with Gasteiger partial charge in [-0.1, -0.05) is 0 Å². The van der Waals surface area contributed by atoms with Gasteiger partial charge in [-0.05, 0) is 12.1 Å². The lowest BCUT2D eigenvalue weighted by Crippen LogP contribution is -2.20. The second-order valence-electron chi connectivity index (χ2n) is 2.23. The third-order valence-corrected chi connectivity index (χ3v) is 1.51. The average molecular weight is 166 g/mol. The molecule has 2 N–H and O–H groups in total. The van der Waals surface area contributed by atoms with Crippen molar-refractivity contribution >= 4 is 5.91 Å².